The quantitative estimate of drug-likeness (QED) is 0.723. The van der Waals surface area contributed by atoms with E-state index in [1.165, 1.54) is 11.1 Å². The van der Waals surface area contributed by atoms with Crippen LogP contribution in [-0.4, -0.2) is 35.3 Å². The lowest BCUT2D eigenvalue weighted by Crippen LogP contribution is -2.30. The fourth-order valence-electron chi connectivity index (χ4n) is 2.59. The normalized spacial score (nSPS) is 12.7. The fourth-order valence-corrected chi connectivity index (χ4v) is 3.30. The lowest BCUT2D eigenvalue weighted by Gasteiger charge is -2.24. The zero-order valence-electron chi connectivity index (χ0n) is 13.5. The minimum atomic E-state index is 0.394. The predicted molar refractivity (Wildman–Crippen MR) is 96.0 cm³/mol. The molecular formula is C18H22N4S. The zero-order valence-corrected chi connectivity index (χ0v) is 14.3. The maximum atomic E-state index is 4.44. The van der Waals surface area contributed by atoms with Crippen molar-refractivity contribution in [3.63, 3.8) is 0 Å². The molecule has 2 heterocycles. The number of nitrogens with zero attached hydrogens (tertiary/aromatic N) is 3. The van der Waals surface area contributed by atoms with Gasteiger partial charge in [-0.3, -0.25) is 0 Å². The molecule has 1 N–H and O–H groups in total. The highest BCUT2D eigenvalue weighted by atomic mass is 32.1. The van der Waals surface area contributed by atoms with Crippen LogP contribution < -0.4 is 5.32 Å². The summed E-state index contributed by atoms with van der Waals surface area (Å²) >= 11 is 1.75. The molecule has 2 aromatic heterocycles. The second-order valence-corrected chi connectivity index (χ2v) is 6.58. The van der Waals surface area contributed by atoms with Crippen LogP contribution >= 0.6 is 11.3 Å². The van der Waals surface area contributed by atoms with E-state index in [2.05, 4.69) is 64.6 Å². The summed E-state index contributed by atoms with van der Waals surface area (Å²) < 4.78 is 1.92. The van der Waals surface area contributed by atoms with Crippen molar-refractivity contribution in [1.82, 2.24) is 20.0 Å². The maximum Gasteiger partial charge on any atom is 0.0645 e. The number of hydrogen-bond donors (Lipinski definition) is 1. The molecule has 0 aliphatic heterocycles. The third-order valence-electron chi connectivity index (χ3n) is 3.87. The molecule has 120 valence electrons. The number of thiophene rings is 1. The fraction of sp³-hybridized carbons (Fsp3) is 0.278. The van der Waals surface area contributed by atoms with Gasteiger partial charge in [-0.05, 0) is 48.6 Å². The van der Waals surface area contributed by atoms with Gasteiger partial charge in [-0.25, -0.2) is 4.68 Å². The molecule has 0 aliphatic rings. The standard InChI is InChI=1S/C18H22N4S/c1-21(2)18(16-8-9-23-14-16)12-19-10-15-11-20-22(13-15)17-6-4-3-5-7-17/h3-9,11,13-14,18-19H,10,12H2,1-2H3/t18-/m0/s1. The molecule has 0 saturated heterocycles. The van der Waals surface area contributed by atoms with Gasteiger partial charge in [0.25, 0.3) is 0 Å². The topological polar surface area (TPSA) is 33.1 Å². The molecule has 0 saturated carbocycles. The highest BCUT2D eigenvalue weighted by Crippen LogP contribution is 2.20. The summed E-state index contributed by atoms with van der Waals surface area (Å²) in [5, 5.41) is 12.3. The molecule has 0 aliphatic carbocycles. The van der Waals surface area contributed by atoms with Crippen molar-refractivity contribution in [3.8, 4) is 5.69 Å². The van der Waals surface area contributed by atoms with Crippen molar-refractivity contribution in [2.45, 2.75) is 12.6 Å². The zero-order chi connectivity index (χ0) is 16.1. The van der Waals surface area contributed by atoms with Crippen molar-refractivity contribution >= 4 is 11.3 Å². The van der Waals surface area contributed by atoms with Crippen LogP contribution in [0.2, 0.25) is 0 Å². The molecule has 3 rings (SSSR count). The number of aromatic nitrogens is 2. The van der Waals surface area contributed by atoms with Crippen LogP contribution in [0.25, 0.3) is 5.69 Å². The summed E-state index contributed by atoms with van der Waals surface area (Å²) in [6, 6.07) is 12.8. The summed E-state index contributed by atoms with van der Waals surface area (Å²) in [4.78, 5) is 2.25. The Morgan fingerprint density at radius 3 is 2.74 bits per heavy atom. The van der Waals surface area contributed by atoms with Gasteiger partial charge in [-0.15, -0.1) is 0 Å². The van der Waals surface area contributed by atoms with Gasteiger partial charge < -0.3 is 10.2 Å². The van der Waals surface area contributed by atoms with Crippen LogP contribution in [0.1, 0.15) is 17.2 Å². The lowest BCUT2D eigenvalue weighted by molar-refractivity contribution is 0.289. The Morgan fingerprint density at radius 1 is 1.22 bits per heavy atom. The van der Waals surface area contributed by atoms with Crippen LogP contribution in [-0.2, 0) is 6.54 Å². The van der Waals surface area contributed by atoms with Gasteiger partial charge in [0.1, 0.15) is 0 Å². The van der Waals surface area contributed by atoms with Gasteiger partial charge >= 0.3 is 0 Å². The molecule has 5 heteroatoms. The number of likely N-dealkylation sites (N-methyl/N-ethyl adjacent to an activating group) is 1. The van der Waals surface area contributed by atoms with Crippen molar-refractivity contribution in [2.75, 3.05) is 20.6 Å². The van der Waals surface area contributed by atoms with Gasteiger partial charge in [0, 0.05) is 30.9 Å². The highest BCUT2D eigenvalue weighted by molar-refractivity contribution is 7.07. The van der Waals surface area contributed by atoms with Crippen LogP contribution in [0.15, 0.2) is 59.6 Å². The van der Waals surface area contributed by atoms with E-state index in [9.17, 15) is 0 Å². The van der Waals surface area contributed by atoms with Gasteiger partial charge in [0.15, 0.2) is 0 Å². The van der Waals surface area contributed by atoms with Gasteiger partial charge in [-0.1, -0.05) is 18.2 Å². The summed E-state index contributed by atoms with van der Waals surface area (Å²) in [5.41, 5.74) is 3.65. The minimum absolute atomic E-state index is 0.394. The van der Waals surface area contributed by atoms with Gasteiger partial charge in [0.05, 0.1) is 11.9 Å². The molecule has 23 heavy (non-hydrogen) atoms. The third-order valence-corrected chi connectivity index (χ3v) is 4.58. The number of hydrogen-bond acceptors (Lipinski definition) is 4. The van der Waals surface area contributed by atoms with Crippen molar-refractivity contribution in [3.05, 3.63) is 70.7 Å². The van der Waals surface area contributed by atoms with Crippen molar-refractivity contribution < 1.29 is 0 Å². The summed E-state index contributed by atoms with van der Waals surface area (Å²) in [6.07, 6.45) is 4.01. The Balaban J connectivity index is 1.57. The van der Waals surface area contributed by atoms with E-state index >= 15 is 0 Å². The lowest BCUT2D eigenvalue weighted by atomic mass is 10.1. The highest BCUT2D eigenvalue weighted by Gasteiger charge is 2.14. The molecule has 0 amide bonds. The molecule has 0 bridgehead atoms. The Kier molecular flexibility index (Phi) is 5.23. The van der Waals surface area contributed by atoms with E-state index in [0.29, 0.717) is 6.04 Å². The molecule has 1 atom stereocenters. The molecular weight excluding hydrogens is 304 g/mol. The Morgan fingerprint density at radius 2 is 2.04 bits per heavy atom. The van der Waals surface area contributed by atoms with Gasteiger partial charge in [0.2, 0.25) is 0 Å². The number of para-hydroxylation sites is 1. The Hall–Kier alpha value is -1.95. The first-order chi connectivity index (χ1) is 11.2. The van der Waals surface area contributed by atoms with E-state index in [0.717, 1.165) is 18.8 Å². The molecule has 0 spiro atoms. The number of benzene rings is 1. The first-order valence-corrected chi connectivity index (χ1v) is 8.66. The molecule has 3 aromatic rings. The van der Waals surface area contributed by atoms with Crippen LogP contribution in [0.4, 0.5) is 0 Å². The smallest absolute Gasteiger partial charge is 0.0645 e. The van der Waals surface area contributed by atoms with E-state index in [1.807, 2.05) is 29.1 Å². The average molecular weight is 326 g/mol. The SMILES string of the molecule is CN(C)[C@@H](CNCc1cnn(-c2ccccc2)c1)c1ccsc1. The minimum Gasteiger partial charge on any atom is -0.311 e. The molecule has 0 radical (unpaired) electrons. The molecule has 4 nitrogen and oxygen atoms in total. The summed E-state index contributed by atoms with van der Waals surface area (Å²) in [7, 11) is 4.24. The van der Waals surface area contributed by atoms with E-state index in [1.54, 1.807) is 11.3 Å². The largest absolute Gasteiger partial charge is 0.311 e. The number of rotatable bonds is 7. The maximum absolute atomic E-state index is 4.44. The van der Waals surface area contributed by atoms with Crippen LogP contribution in [0.5, 0.6) is 0 Å². The Labute approximate surface area is 141 Å². The monoisotopic (exact) mass is 326 g/mol. The first-order valence-electron chi connectivity index (χ1n) is 7.72. The second-order valence-electron chi connectivity index (χ2n) is 5.80. The van der Waals surface area contributed by atoms with E-state index in [-0.39, 0.29) is 0 Å². The van der Waals surface area contributed by atoms with Crippen LogP contribution in [0, 0.1) is 0 Å². The van der Waals surface area contributed by atoms with Gasteiger partial charge in [-0.2, -0.15) is 16.4 Å². The average Bonchev–Trinajstić information content (AvgIpc) is 3.24. The molecule has 1 aromatic carbocycles. The summed E-state index contributed by atoms with van der Waals surface area (Å²) in [5.74, 6) is 0. The third kappa shape index (κ3) is 4.07. The summed E-state index contributed by atoms with van der Waals surface area (Å²) in [6.45, 7) is 1.74. The number of nitrogens with one attached hydrogen (secondary N) is 1. The second kappa shape index (κ2) is 7.55. The molecule has 0 fully saturated rings. The van der Waals surface area contributed by atoms with Crippen LogP contribution in [0.3, 0.4) is 0 Å². The van der Waals surface area contributed by atoms with E-state index < -0.39 is 0 Å². The van der Waals surface area contributed by atoms with E-state index in [4.69, 9.17) is 0 Å². The molecule has 0 unspecified atom stereocenters. The Bertz CT molecular complexity index is 704. The first kappa shape index (κ1) is 15.9. The van der Waals surface area contributed by atoms with Crippen molar-refractivity contribution in [1.29, 1.82) is 0 Å². The van der Waals surface area contributed by atoms with Crippen molar-refractivity contribution in [2.24, 2.45) is 0 Å². The predicted octanol–water partition coefficient (Wildman–Crippen LogP) is 3.33.